The molecule has 2 N–H and O–H groups in total. The monoisotopic (exact) mass is 344 g/mol. The van der Waals surface area contributed by atoms with E-state index in [2.05, 4.69) is 4.90 Å². The van der Waals surface area contributed by atoms with Crippen LogP contribution in [0.2, 0.25) is 0 Å². The molecule has 2 aromatic rings. The van der Waals surface area contributed by atoms with Gasteiger partial charge in [0, 0.05) is 31.4 Å². The number of nitrogens with one attached hydrogen (secondary N) is 2. The van der Waals surface area contributed by atoms with Gasteiger partial charge in [0.2, 0.25) is 0 Å². The molecule has 1 aromatic carbocycles. The van der Waals surface area contributed by atoms with Crippen LogP contribution in [-0.2, 0) is 4.74 Å². The quantitative estimate of drug-likeness (QED) is 0.640. The van der Waals surface area contributed by atoms with Crippen LogP contribution in [0.5, 0.6) is 5.75 Å². The summed E-state index contributed by atoms with van der Waals surface area (Å²) < 4.78 is 25.7. The predicted molar refractivity (Wildman–Crippen MR) is 91.7 cm³/mol. The van der Waals surface area contributed by atoms with Crippen molar-refractivity contribution in [2.45, 2.75) is 0 Å². The first-order valence-electron chi connectivity index (χ1n) is 8.18. The van der Waals surface area contributed by atoms with E-state index < -0.39 is 5.82 Å². The van der Waals surface area contributed by atoms with Gasteiger partial charge in [-0.05, 0) is 24.3 Å². The van der Waals surface area contributed by atoms with Crippen molar-refractivity contribution in [3.63, 3.8) is 0 Å². The summed E-state index contributed by atoms with van der Waals surface area (Å²) in [6.07, 6.45) is 1.14. The Bertz CT molecular complexity index is 800. The van der Waals surface area contributed by atoms with Crippen LogP contribution in [0.3, 0.4) is 0 Å². The molecule has 132 valence electrons. The fourth-order valence-electron chi connectivity index (χ4n) is 2.65. The number of morpholine rings is 1. The molecular formula is C18H21FN4O2. The molecule has 2 heterocycles. The Balaban J connectivity index is 1.65. The minimum absolute atomic E-state index is 0.0307. The predicted octanol–water partition coefficient (Wildman–Crippen LogP) is 1.69. The lowest BCUT2D eigenvalue weighted by Gasteiger charge is -2.26. The maximum atomic E-state index is 13.4. The third-order valence-electron chi connectivity index (χ3n) is 4.04. The van der Waals surface area contributed by atoms with Crippen molar-refractivity contribution in [3.05, 3.63) is 59.5 Å². The van der Waals surface area contributed by atoms with Crippen molar-refractivity contribution < 1.29 is 13.9 Å². The second kappa shape index (κ2) is 8.04. The zero-order valence-corrected chi connectivity index (χ0v) is 13.9. The Morgan fingerprint density at radius 1 is 1.20 bits per heavy atom. The average molecular weight is 344 g/mol. The topological polar surface area (TPSA) is 74.3 Å². The highest BCUT2D eigenvalue weighted by Crippen LogP contribution is 2.14. The van der Waals surface area contributed by atoms with E-state index in [0.717, 1.165) is 39.0 Å². The molecule has 0 aliphatic carbocycles. The van der Waals surface area contributed by atoms with E-state index in [4.69, 9.17) is 20.3 Å². The number of aromatic nitrogens is 1. The normalized spacial score (nSPS) is 15.1. The molecule has 25 heavy (non-hydrogen) atoms. The first-order chi connectivity index (χ1) is 12.1. The molecule has 1 aliphatic rings. The highest BCUT2D eigenvalue weighted by atomic mass is 19.1. The molecule has 0 spiro atoms. The van der Waals surface area contributed by atoms with Gasteiger partial charge in [-0.1, -0.05) is 12.1 Å². The summed E-state index contributed by atoms with van der Waals surface area (Å²) in [6, 6.07) is 9.63. The fraction of sp³-hybridized carbons (Fsp3) is 0.333. The molecule has 0 saturated carbocycles. The molecule has 1 fully saturated rings. The highest BCUT2D eigenvalue weighted by molar-refractivity contribution is 5.98. The van der Waals surface area contributed by atoms with Crippen LogP contribution in [0, 0.1) is 16.6 Å². The third kappa shape index (κ3) is 4.52. The molecule has 0 amide bonds. The lowest BCUT2D eigenvalue weighted by Crippen LogP contribution is -2.38. The smallest absolute Gasteiger partial charge is 0.140 e. The molecule has 7 heteroatoms. The maximum Gasteiger partial charge on any atom is 0.140 e. The van der Waals surface area contributed by atoms with Gasteiger partial charge in [-0.25, -0.2) is 4.39 Å². The van der Waals surface area contributed by atoms with Crippen LogP contribution >= 0.6 is 0 Å². The molecule has 0 atom stereocenters. The van der Waals surface area contributed by atoms with Crippen molar-refractivity contribution in [2.24, 2.45) is 0 Å². The molecule has 0 unspecified atom stereocenters. The summed E-state index contributed by atoms with van der Waals surface area (Å²) in [6.45, 7) is 4.71. The van der Waals surface area contributed by atoms with E-state index in [1.165, 1.54) is 16.7 Å². The summed E-state index contributed by atoms with van der Waals surface area (Å²) >= 11 is 0. The Morgan fingerprint density at radius 3 is 2.80 bits per heavy atom. The van der Waals surface area contributed by atoms with Gasteiger partial charge in [0.25, 0.3) is 0 Å². The Hall–Kier alpha value is -2.51. The fourth-order valence-corrected chi connectivity index (χ4v) is 2.65. The van der Waals surface area contributed by atoms with Crippen LogP contribution in [0.1, 0.15) is 5.56 Å². The highest BCUT2D eigenvalue weighted by Gasteiger charge is 2.10. The molecule has 0 bridgehead atoms. The molecule has 3 rings (SSSR count). The number of rotatable bonds is 5. The van der Waals surface area contributed by atoms with Gasteiger partial charge in [-0.2, -0.15) is 0 Å². The lowest BCUT2D eigenvalue weighted by molar-refractivity contribution is 0.0322. The number of hydrogen-bond acceptors (Lipinski definition) is 5. The van der Waals surface area contributed by atoms with Crippen molar-refractivity contribution in [1.82, 2.24) is 9.47 Å². The van der Waals surface area contributed by atoms with Crippen LogP contribution in [0.4, 0.5) is 4.39 Å². The lowest BCUT2D eigenvalue weighted by atomic mass is 10.2. The third-order valence-corrected chi connectivity index (χ3v) is 4.04. The molecule has 0 radical (unpaired) electrons. The summed E-state index contributed by atoms with van der Waals surface area (Å²) in [7, 11) is 0. The van der Waals surface area contributed by atoms with Gasteiger partial charge < -0.3 is 9.47 Å². The van der Waals surface area contributed by atoms with Crippen molar-refractivity contribution >= 4 is 5.84 Å². The Labute approximate surface area is 145 Å². The minimum Gasteiger partial charge on any atom is -0.492 e. The molecule has 1 aliphatic heterocycles. The van der Waals surface area contributed by atoms with Crippen molar-refractivity contribution in [2.75, 3.05) is 39.5 Å². The zero-order valence-electron chi connectivity index (χ0n) is 13.9. The summed E-state index contributed by atoms with van der Waals surface area (Å²) in [5.41, 5.74) is 0.609. The van der Waals surface area contributed by atoms with Gasteiger partial charge in [0.15, 0.2) is 0 Å². The minimum atomic E-state index is -0.487. The first kappa shape index (κ1) is 17.3. The van der Waals surface area contributed by atoms with Crippen LogP contribution in [0.15, 0.2) is 42.6 Å². The zero-order chi connectivity index (χ0) is 17.6. The number of hydrogen-bond donors (Lipinski definition) is 2. The average Bonchev–Trinajstić information content (AvgIpc) is 2.64. The van der Waals surface area contributed by atoms with Crippen LogP contribution < -0.4 is 10.2 Å². The van der Waals surface area contributed by atoms with Crippen LogP contribution in [-0.4, -0.2) is 54.8 Å². The van der Waals surface area contributed by atoms with Crippen molar-refractivity contribution in [3.8, 4) is 5.75 Å². The van der Waals surface area contributed by atoms with E-state index >= 15 is 0 Å². The maximum absolute atomic E-state index is 13.4. The Morgan fingerprint density at radius 2 is 2.00 bits per heavy atom. The summed E-state index contributed by atoms with van der Waals surface area (Å²) in [5, 5.41) is 16.1. The Kier molecular flexibility index (Phi) is 5.57. The second-order valence-corrected chi connectivity index (χ2v) is 5.78. The second-order valence-electron chi connectivity index (χ2n) is 5.78. The van der Waals surface area contributed by atoms with E-state index in [0.29, 0.717) is 17.9 Å². The summed E-state index contributed by atoms with van der Waals surface area (Å²) in [5.74, 6) is 0.195. The number of nitrogens with zero attached hydrogens (tertiary/aromatic N) is 2. The molecule has 6 nitrogen and oxygen atoms in total. The van der Waals surface area contributed by atoms with E-state index in [1.54, 1.807) is 18.2 Å². The van der Waals surface area contributed by atoms with Gasteiger partial charge >= 0.3 is 0 Å². The first-order valence-corrected chi connectivity index (χ1v) is 8.18. The largest absolute Gasteiger partial charge is 0.492 e. The van der Waals surface area contributed by atoms with E-state index in [1.807, 2.05) is 6.07 Å². The summed E-state index contributed by atoms with van der Waals surface area (Å²) in [4.78, 5) is 2.28. The standard InChI is InChI=1S/C18H21FN4O2/c19-15-4-5-17(20)23(13-15)18(21)14-2-1-3-16(12-14)25-11-8-22-6-9-24-10-7-22/h1-5,12-13,20-21H,6-11H2. The molecule has 1 saturated heterocycles. The van der Waals surface area contributed by atoms with Gasteiger partial charge in [0.1, 0.15) is 29.5 Å². The van der Waals surface area contributed by atoms with Crippen LogP contribution in [0.25, 0.3) is 0 Å². The van der Waals surface area contributed by atoms with Gasteiger partial charge in [0.05, 0.1) is 13.2 Å². The van der Waals surface area contributed by atoms with E-state index in [9.17, 15) is 4.39 Å². The van der Waals surface area contributed by atoms with E-state index in [-0.39, 0.29) is 11.3 Å². The molecule has 1 aromatic heterocycles. The number of pyridine rings is 1. The number of halogens is 1. The number of benzene rings is 1. The van der Waals surface area contributed by atoms with Gasteiger partial charge in [-0.3, -0.25) is 20.3 Å². The van der Waals surface area contributed by atoms with Gasteiger partial charge in [-0.15, -0.1) is 0 Å². The molecular weight excluding hydrogens is 323 g/mol. The van der Waals surface area contributed by atoms with Crippen molar-refractivity contribution in [1.29, 1.82) is 10.8 Å². The SMILES string of the molecule is N=C(c1cccc(OCCN2CCOCC2)c1)n1cc(F)ccc1=N. The number of ether oxygens (including phenoxy) is 2.